The molecule has 3 heteroatoms. The summed E-state index contributed by atoms with van der Waals surface area (Å²) in [4.78, 5) is 13.2. The number of hydrogen-bond acceptors (Lipinski definition) is 2. The molecule has 1 heterocycles. The number of rotatable bonds is 5. The molecule has 1 amide bonds. The molecule has 31 heavy (non-hydrogen) atoms. The monoisotopic (exact) mass is 429 g/mol. The average Bonchev–Trinajstić information content (AvgIpc) is 3.15. The van der Waals surface area contributed by atoms with Crippen LogP contribution in [0.3, 0.4) is 0 Å². The fourth-order valence-electron chi connectivity index (χ4n) is 10.2. The molecule has 1 aliphatic heterocycles. The molecule has 1 spiro atoms. The molecule has 0 aromatic heterocycles. The summed E-state index contributed by atoms with van der Waals surface area (Å²) >= 11 is 0. The highest BCUT2D eigenvalue weighted by atomic mass is 16.3. The van der Waals surface area contributed by atoms with Crippen molar-refractivity contribution in [1.29, 1.82) is 0 Å². The minimum Gasteiger partial charge on any atom is -0.371 e. The predicted molar refractivity (Wildman–Crippen MR) is 125 cm³/mol. The molecule has 0 aromatic carbocycles. The molecule has 176 valence electrons. The van der Waals surface area contributed by atoms with Gasteiger partial charge in [0.2, 0.25) is 5.91 Å². The summed E-state index contributed by atoms with van der Waals surface area (Å²) in [6.07, 6.45) is 14.3. The Bertz CT molecular complexity index is 735. The molecule has 0 unspecified atom stereocenters. The van der Waals surface area contributed by atoms with Gasteiger partial charge in [0.15, 0.2) is 0 Å². The molecule has 2 bridgehead atoms. The van der Waals surface area contributed by atoms with Gasteiger partial charge in [0.1, 0.15) is 5.72 Å². The molecule has 1 saturated heterocycles. The van der Waals surface area contributed by atoms with Crippen LogP contribution in [0, 0.1) is 51.8 Å². The number of carbonyl (C=O) groups excluding carboxylic acids is 1. The van der Waals surface area contributed by atoms with Crippen molar-refractivity contribution in [3.63, 3.8) is 0 Å². The molecule has 0 radical (unpaired) electrons. The second kappa shape index (κ2) is 7.21. The predicted octanol–water partition coefficient (Wildman–Crippen LogP) is 6.30. The van der Waals surface area contributed by atoms with E-state index in [2.05, 4.69) is 39.9 Å². The van der Waals surface area contributed by atoms with E-state index in [9.17, 15) is 9.90 Å². The lowest BCUT2D eigenvalue weighted by Gasteiger charge is -2.63. The fraction of sp³-hybridized carbons (Fsp3) is 0.964. The lowest BCUT2D eigenvalue weighted by molar-refractivity contribution is -0.178. The van der Waals surface area contributed by atoms with E-state index in [1.807, 2.05) is 0 Å². The number of nitrogens with one attached hydrogen (secondary N) is 1. The molecule has 4 aliphatic carbocycles. The number of amides is 1. The van der Waals surface area contributed by atoms with Crippen LogP contribution < -0.4 is 5.32 Å². The summed E-state index contributed by atoms with van der Waals surface area (Å²) in [5, 5.41) is 13.9. The minimum absolute atomic E-state index is 0.0744. The molecular formula is C28H47NO2. The molecule has 5 rings (SSSR count). The Labute approximate surface area is 190 Å². The van der Waals surface area contributed by atoms with E-state index >= 15 is 0 Å². The molecule has 3 nitrogen and oxygen atoms in total. The van der Waals surface area contributed by atoms with Crippen LogP contribution in [-0.4, -0.2) is 16.7 Å². The maximum Gasteiger partial charge on any atom is 0.229 e. The van der Waals surface area contributed by atoms with Gasteiger partial charge < -0.3 is 10.4 Å². The van der Waals surface area contributed by atoms with E-state index < -0.39 is 5.72 Å². The summed E-state index contributed by atoms with van der Waals surface area (Å²) in [5.74, 6) is 5.05. The Balaban J connectivity index is 1.36. The van der Waals surface area contributed by atoms with E-state index in [1.54, 1.807) is 0 Å². The van der Waals surface area contributed by atoms with Crippen molar-refractivity contribution in [1.82, 2.24) is 5.32 Å². The Morgan fingerprint density at radius 3 is 2.48 bits per heavy atom. The highest BCUT2D eigenvalue weighted by molar-refractivity contribution is 5.87. The zero-order chi connectivity index (χ0) is 22.2. The standard InChI is InChI=1S/C28H47NO2/c1-18(2)7-6-8-19(3)21-9-10-22-20-11-14-27-17-28(31,29-24(27)30)16-15-26(27,5)23(20)12-13-25(21,22)4/h18-23,31H,6-17H2,1-5H3,(H,29,30)/t19-,20+,21-,22+,23+,25-,26-,27+,28+/m1/s1. The first-order valence-electron chi connectivity index (χ1n) is 13.6. The van der Waals surface area contributed by atoms with Gasteiger partial charge in [-0.05, 0) is 97.7 Å². The maximum atomic E-state index is 13.2. The van der Waals surface area contributed by atoms with Crippen molar-refractivity contribution in [2.75, 3.05) is 0 Å². The summed E-state index contributed by atoms with van der Waals surface area (Å²) in [5.41, 5.74) is -0.648. The first kappa shape index (κ1) is 22.2. The molecule has 0 aromatic rings. The first-order valence-corrected chi connectivity index (χ1v) is 13.6. The lowest BCUT2D eigenvalue weighted by Crippen LogP contribution is -2.60. The molecule has 5 fully saturated rings. The second-order valence-corrected chi connectivity index (χ2v) is 13.6. The number of aliphatic hydroxyl groups is 1. The zero-order valence-corrected chi connectivity index (χ0v) is 20.8. The van der Waals surface area contributed by atoms with Crippen LogP contribution in [0.25, 0.3) is 0 Å². The van der Waals surface area contributed by atoms with Crippen molar-refractivity contribution >= 4 is 5.91 Å². The Hall–Kier alpha value is -0.570. The summed E-state index contributed by atoms with van der Waals surface area (Å²) in [7, 11) is 0. The Morgan fingerprint density at radius 2 is 1.74 bits per heavy atom. The second-order valence-electron chi connectivity index (χ2n) is 13.6. The first-order chi connectivity index (χ1) is 14.5. The summed E-state index contributed by atoms with van der Waals surface area (Å²) < 4.78 is 0. The molecule has 9 atom stereocenters. The van der Waals surface area contributed by atoms with Crippen LogP contribution >= 0.6 is 0 Å². The van der Waals surface area contributed by atoms with E-state index in [4.69, 9.17) is 0 Å². The Morgan fingerprint density at radius 1 is 0.968 bits per heavy atom. The van der Waals surface area contributed by atoms with Crippen LogP contribution in [0.4, 0.5) is 0 Å². The fourth-order valence-corrected chi connectivity index (χ4v) is 10.2. The van der Waals surface area contributed by atoms with Crippen molar-refractivity contribution in [3.05, 3.63) is 0 Å². The Kier molecular flexibility index (Phi) is 5.17. The SMILES string of the molecule is CC(C)CCC[C@@H](C)[C@H]1CC[C@H]2[C@@H]3CC[C@@]45C[C@@](O)(CC[C@]4(C)[C@H]3CC[C@]12C)NC5=O. The van der Waals surface area contributed by atoms with E-state index in [1.165, 1.54) is 51.4 Å². The zero-order valence-electron chi connectivity index (χ0n) is 20.8. The molecule has 5 aliphatic rings. The van der Waals surface area contributed by atoms with Gasteiger partial charge in [-0.15, -0.1) is 0 Å². The largest absolute Gasteiger partial charge is 0.371 e. The maximum absolute atomic E-state index is 13.2. The van der Waals surface area contributed by atoms with Gasteiger partial charge in [0, 0.05) is 6.42 Å². The van der Waals surface area contributed by atoms with Gasteiger partial charge in [-0.2, -0.15) is 0 Å². The van der Waals surface area contributed by atoms with E-state index in [0.717, 1.165) is 48.9 Å². The normalized spacial score (nSPS) is 51.8. The van der Waals surface area contributed by atoms with Crippen LogP contribution in [0.15, 0.2) is 0 Å². The third-order valence-corrected chi connectivity index (χ3v) is 11.9. The van der Waals surface area contributed by atoms with Crippen LogP contribution in [-0.2, 0) is 4.79 Å². The van der Waals surface area contributed by atoms with Gasteiger partial charge in [0.05, 0.1) is 5.41 Å². The van der Waals surface area contributed by atoms with Crippen LogP contribution in [0.5, 0.6) is 0 Å². The third kappa shape index (κ3) is 3.03. The van der Waals surface area contributed by atoms with Gasteiger partial charge in [-0.3, -0.25) is 4.79 Å². The van der Waals surface area contributed by atoms with Gasteiger partial charge >= 0.3 is 0 Å². The highest BCUT2D eigenvalue weighted by Crippen LogP contribution is 2.73. The smallest absolute Gasteiger partial charge is 0.229 e. The van der Waals surface area contributed by atoms with E-state index in [-0.39, 0.29) is 16.7 Å². The summed E-state index contributed by atoms with van der Waals surface area (Å²) in [6, 6.07) is 0. The van der Waals surface area contributed by atoms with Gasteiger partial charge in [-0.25, -0.2) is 0 Å². The molecular weight excluding hydrogens is 382 g/mol. The van der Waals surface area contributed by atoms with Crippen molar-refractivity contribution in [2.45, 2.75) is 117 Å². The lowest BCUT2D eigenvalue weighted by atomic mass is 9.40. The van der Waals surface area contributed by atoms with Gasteiger partial charge in [-0.1, -0.05) is 53.9 Å². The highest BCUT2D eigenvalue weighted by Gasteiger charge is 2.71. The van der Waals surface area contributed by atoms with Crippen LogP contribution in [0.2, 0.25) is 0 Å². The number of hydrogen-bond donors (Lipinski definition) is 2. The summed E-state index contributed by atoms with van der Waals surface area (Å²) in [6.45, 7) is 12.3. The van der Waals surface area contributed by atoms with E-state index in [0.29, 0.717) is 17.8 Å². The van der Waals surface area contributed by atoms with Gasteiger partial charge in [0.25, 0.3) is 0 Å². The average molecular weight is 430 g/mol. The molecule has 2 N–H and O–H groups in total. The third-order valence-electron chi connectivity index (χ3n) is 11.9. The van der Waals surface area contributed by atoms with Crippen molar-refractivity contribution in [2.24, 2.45) is 51.8 Å². The number of fused-ring (bicyclic) bond motifs is 5. The topological polar surface area (TPSA) is 49.3 Å². The molecule has 4 saturated carbocycles. The van der Waals surface area contributed by atoms with Crippen molar-refractivity contribution in [3.8, 4) is 0 Å². The van der Waals surface area contributed by atoms with Crippen molar-refractivity contribution < 1.29 is 9.90 Å². The van der Waals surface area contributed by atoms with Crippen LogP contribution in [0.1, 0.15) is 112 Å². The minimum atomic E-state index is -0.920. The quantitative estimate of drug-likeness (QED) is 0.539. The number of carbonyl (C=O) groups is 1.